The number of ether oxygens (including phenoxy) is 1. The van der Waals surface area contributed by atoms with Crippen LogP contribution in [-0.4, -0.2) is 38.9 Å². The number of carbonyl (C=O) groups excluding carboxylic acids is 2. The van der Waals surface area contributed by atoms with E-state index in [0.29, 0.717) is 11.1 Å². The summed E-state index contributed by atoms with van der Waals surface area (Å²) in [5.74, 6) is -1.64. The summed E-state index contributed by atoms with van der Waals surface area (Å²) in [5.41, 5.74) is 0.838. The second-order valence-electron chi connectivity index (χ2n) is 6.68. The van der Waals surface area contributed by atoms with Crippen molar-refractivity contribution in [1.29, 1.82) is 0 Å². The number of aliphatic hydroxyl groups excluding tert-OH is 1. The summed E-state index contributed by atoms with van der Waals surface area (Å²) in [7, 11) is 1.41. The van der Waals surface area contributed by atoms with Crippen LogP contribution in [0.5, 0.6) is 11.5 Å². The molecule has 1 amide bonds. The number of methoxy groups -OCH3 is 1. The van der Waals surface area contributed by atoms with Crippen LogP contribution in [0.2, 0.25) is 0 Å². The normalized spacial score (nSPS) is 18.0. The van der Waals surface area contributed by atoms with Crippen molar-refractivity contribution in [3.8, 4) is 11.5 Å². The number of aromatic hydroxyl groups is 1. The first-order chi connectivity index (χ1) is 14.5. The minimum absolute atomic E-state index is 0.0303. The Balaban J connectivity index is 1.89. The maximum absolute atomic E-state index is 13.0. The van der Waals surface area contributed by atoms with E-state index in [9.17, 15) is 19.8 Å². The summed E-state index contributed by atoms with van der Waals surface area (Å²) in [4.78, 5) is 32.2. The van der Waals surface area contributed by atoms with Gasteiger partial charge in [0, 0.05) is 22.8 Å². The molecular weight excluding hydrogens is 404 g/mol. The van der Waals surface area contributed by atoms with E-state index in [-0.39, 0.29) is 29.4 Å². The van der Waals surface area contributed by atoms with Gasteiger partial charge in [0.2, 0.25) is 0 Å². The number of benzene rings is 1. The first-order valence-electron chi connectivity index (χ1n) is 9.09. The Labute approximate surface area is 176 Å². The molecule has 1 aliphatic heterocycles. The lowest BCUT2D eigenvalue weighted by Gasteiger charge is -2.25. The molecule has 1 aromatic carbocycles. The van der Waals surface area contributed by atoms with Crippen LogP contribution in [-0.2, 0) is 16.1 Å². The van der Waals surface area contributed by atoms with Crippen molar-refractivity contribution in [3.63, 3.8) is 0 Å². The van der Waals surface area contributed by atoms with Crippen LogP contribution in [0, 0.1) is 0 Å². The zero-order valence-corrected chi connectivity index (χ0v) is 16.8. The van der Waals surface area contributed by atoms with Crippen LogP contribution >= 0.6 is 11.3 Å². The highest BCUT2D eigenvalue weighted by Gasteiger charge is 2.46. The van der Waals surface area contributed by atoms with Crippen molar-refractivity contribution >= 4 is 28.8 Å². The molecule has 3 heterocycles. The van der Waals surface area contributed by atoms with E-state index in [1.165, 1.54) is 35.6 Å². The number of rotatable bonds is 5. The number of ketones is 1. The highest BCUT2D eigenvalue weighted by molar-refractivity contribution is 7.09. The maximum Gasteiger partial charge on any atom is 0.295 e. The Morgan fingerprint density at radius 1 is 1.23 bits per heavy atom. The molecule has 0 radical (unpaired) electrons. The lowest BCUT2D eigenvalue weighted by molar-refractivity contribution is -0.140. The van der Waals surface area contributed by atoms with Gasteiger partial charge in [-0.15, -0.1) is 11.3 Å². The molecule has 1 fully saturated rings. The summed E-state index contributed by atoms with van der Waals surface area (Å²) in [6, 6.07) is 10.7. The van der Waals surface area contributed by atoms with Gasteiger partial charge in [0.05, 0.1) is 25.3 Å². The van der Waals surface area contributed by atoms with E-state index in [0.717, 1.165) is 4.88 Å². The van der Waals surface area contributed by atoms with Crippen molar-refractivity contribution in [2.45, 2.75) is 12.6 Å². The third kappa shape index (κ3) is 3.42. The number of aromatic nitrogens is 1. The van der Waals surface area contributed by atoms with Crippen molar-refractivity contribution in [2.24, 2.45) is 0 Å². The predicted octanol–water partition coefficient (Wildman–Crippen LogP) is 3.48. The standard InChI is InChI=1S/C22H18N2O5S/c1-29-17-10-13(6-7-16(17)25)19-18(20(26)14-4-2-8-23-11-14)21(27)22(28)24(19)12-15-5-3-9-30-15/h2-11,19,25-26H,12H2,1H3/b20-18+. The Morgan fingerprint density at radius 2 is 2.07 bits per heavy atom. The van der Waals surface area contributed by atoms with E-state index < -0.39 is 17.7 Å². The van der Waals surface area contributed by atoms with Crippen LogP contribution in [0.1, 0.15) is 22.0 Å². The number of nitrogens with zero attached hydrogens (tertiary/aromatic N) is 2. The number of aliphatic hydroxyl groups is 1. The molecule has 0 aliphatic carbocycles. The average Bonchev–Trinajstić information content (AvgIpc) is 3.37. The minimum Gasteiger partial charge on any atom is -0.507 e. The number of thiophene rings is 1. The molecule has 2 N–H and O–H groups in total. The molecule has 0 spiro atoms. The van der Waals surface area contributed by atoms with E-state index in [2.05, 4.69) is 4.98 Å². The maximum atomic E-state index is 13.0. The topological polar surface area (TPSA) is 100.0 Å². The molecule has 152 valence electrons. The minimum atomic E-state index is -0.846. The first kappa shape index (κ1) is 19.7. The molecule has 1 atom stereocenters. The number of phenols is 1. The van der Waals surface area contributed by atoms with Gasteiger partial charge in [-0.05, 0) is 41.3 Å². The number of hydrogen-bond donors (Lipinski definition) is 2. The summed E-state index contributed by atoms with van der Waals surface area (Å²) < 4.78 is 5.20. The van der Waals surface area contributed by atoms with Crippen LogP contribution in [0.4, 0.5) is 0 Å². The third-order valence-corrected chi connectivity index (χ3v) is 5.76. The van der Waals surface area contributed by atoms with Crippen LogP contribution in [0.3, 0.4) is 0 Å². The van der Waals surface area contributed by atoms with Crippen molar-refractivity contribution in [2.75, 3.05) is 7.11 Å². The summed E-state index contributed by atoms with van der Waals surface area (Å²) in [5, 5.41) is 22.8. The van der Waals surface area contributed by atoms with E-state index in [4.69, 9.17) is 4.74 Å². The SMILES string of the molecule is COc1cc(C2/C(=C(\O)c3cccnc3)C(=O)C(=O)N2Cc2cccs2)ccc1O. The summed E-state index contributed by atoms with van der Waals surface area (Å²) in [6.45, 7) is 0.208. The van der Waals surface area contributed by atoms with Gasteiger partial charge in [0.15, 0.2) is 11.5 Å². The van der Waals surface area contributed by atoms with Gasteiger partial charge in [-0.25, -0.2) is 0 Å². The monoisotopic (exact) mass is 422 g/mol. The van der Waals surface area contributed by atoms with Gasteiger partial charge in [-0.1, -0.05) is 12.1 Å². The molecule has 3 aromatic rings. The molecule has 1 aliphatic rings. The zero-order chi connectivity index (χ0) is 21.3. The first-order valence-corrected chi connectivity index (χ1v) is 9.97. The lowest BCUT2D eigenvalue weighted by Crippen LogP contribution is -2.28. The zero-order valence-electron chi connectivity index (χ0n) is 16.0. The summed E-state index contributed by atoms with van der Waals surface area (Å²) >= 11 is 1.47. The average molecular weight is 422 g/mol. The van der Waals surface area contributed by atoms with Gasteiger partial charge in [-0.2, -0.15) is 0 Å². The molecule has 30 heavy (non-hydrogen) atoms. The Bertz CT molecular complexity index is 1130. The van der Waals surface area contributed by atoms with Gasteiger partial charge in [0.1, 0.15) is 5.76 Å². The number of amides is 1. The van der Waals surface area contributed by atoms with E-state index in [1.54, 1.807) is 30.5 Å². The van der Waals surface area contributed by atoms with E-state index >= 15 is 0 Å². The molecule has 2 aromatic heterocycles. The van der Waals surface area contributed by atoms with Gasteiger partial charge in [-0.3, -0.25) is 14.6 Å². The highest BCUT2D eigenvalue weighted by atomic mass is 32.1. The Hall–Kier alpha value is -3.65. The number of pyridine rings is 1. The molecule has 7 nitrogen and oxygen atoms in total. The number of hydrogen-bond acceptors (Lipinski definition) is 7. The van der Waals surface area contributed by atoms with Crippen molar-refractivity contribution in [3.05, 3.63) is 81.8 Å². The van der Waals surface area contributed by atoms with Gasteiger partial charge >= 0.3 is 0 Å². The van der Waals surface area contributed by atoms with E-state index in [1.807, 2.05) is 17.5 Å². The number of phenolic OH excluding ortho intramolecular Hbond substituents is 1. The fourth-order valence-corrected chi connectivity index (χ4v) is 4.19. The second kappa shape index (κ2) is 8.00. The highest BCUT2D eigenvalue weighted by Crippen LogP contribution is 2.42. The Kier molecular flexibility index (Phi) is 5.24. The number of likely N-dealkylation sites (tertiary alicyclic amines) is 1. The number of carbonyl (C=O) groups is 2. The number of Topliss-reactive ketones (excluding diaryl/α,β-unsaturated/α-hetero) is 1. The quantitative estimate of drug-likeness (QED) is 0.371. The fourth-order valence-electron chi connectivity index (χ4n) is 3.48. The molecule has 1 unspecified atom stereocenters. The van der Waals surface area contributed by atoms with Crippen LogP contribution < -0.4 is 4.74 Å². The van der Waals surface area contributed by atoms with Crippen LogP contribution in [0.25, 0.3) is 5.76 Å². The molecule has 1 saturated heterocycles. The molecule has 8 heteroatoms. The van der Waals surface area contributed by atoms with Crippen molar-refractivity contribution in [1.82, 2.24) is 9.88 Å². The third-order valence-electron chi connectivity index (χ3n) is 4.90. The molecule has 0 bridgehead atoms. The second-order valence-corrected chi connectivity index (χ2v) is 7.71. The Morgan fingerprint density at radius 3 is 2.73 bits per heavy atom. The van der Waals surface area contributed by atoms with Crippen molar-refractivity contribution < 1.29 is 24.5 Å². The van der Waals surface area contributed by atoms with Crippen LogP contribution in [0.15, 0.2) is 65.8 Å². The molecular formula is C22H18N2O5S. The van der Waals surface area contributed by atoms with Gasteiger partial charge in [0.25, 0.3) is 11.7 Å². The summed E-state index contributed by atoms with van der Waals surface area (Å²) in [6.07, 6.45) is 2.98. The molecule has 4 rings (SSSR count). The lowest BCUT2D eigenvalue weighted by atomic mass is 9.95. The van der Waals surface area contributed by atoms with Gasteiger partial charge < -0.3 is 19.8 Å². The predicted molar refractivity (Wildman–Crippen MR) is 111 cm³/mol. The smallest absolute Gasteiger partial charge is 0.295 e. The molecule has 0 saturated carbocycles. The fraction of sp³-hybridized carbons (Fsp3) is 0.136. The largest absolute Gasteiger partial charge is 0.507 e.